The minimum Gasteiger partial charge on any atom is -0.469 e. The summed E-state index contributed by atoms with van der Waals surface area (Å²) in [5, 5.41) is 2.49. The molecule has 1 heterocycles. The third-order valence-corrected chi connectivity index (χ3v) is 4.87. The summed E-state index contributed by atoms with van der Waals surface area (Å²) in [6.07, 6.45) is -3.39. The molecule has 1 amide bonds. The predicted molar refractivity (Wildman–Crippen MR) is 90.9 cm³/mol. The Hall–Kier alpha value is -1.80. The Balaban J connectivity index is 2.01. The van der Waals surface area contributed by atoms with Crippen LogP contribution in [0.15, 0.2) is 18.2 Å². The second-order valence-corrected chi connectivity index (χ2v) is 6.60. The van der Waals surface area contributed by atoms with Crippen LogP contribution in [0.4, 0.5) is 18.9 Å². The molecule has 0 radical (unpaired) electrons. The van der Waals surface area contributed by atoms with Crippen LogP contribution >= 0.6 is 11.6 Å². The van der Waals surface area contributed by atoms with Crippen LogP contribution in [0.1, 0.15) is 25.3 Å². The van der Waals surface area contributed by atoms with Gasteiger partial charge in [0.2, 0.25) is 5.91 Å². The third-order valence-electron chi connectivity index (χ3n) is 4.54. The van der Waals surface area contributed by atoms with Crippen LogP contribution in [0.5, 0.6) is 0 Å². The van der Waals surface area contributed by atoms with Gasteiger partial charge in [0.05, 0.1) is 35.3 Å². The fourth-order valence-corrected chi connectivity index (χ4v) is 3.05. The van der Waals surface area contributed by atoms with E-state index >= 15 is 0 Å². The minimum absolute atomic E-state index is 0.0305. The first-order valence-electron chi connectivity index (χ1n) is 8.13. The molecule has 1 aromatic carbocycles. The number of alkyl halides is 3. The lowest BCUT2D eigenvalue weighted by atomic mass is 9.96. The van der Waals surface area contributed by atoms with Crippen molar-refractivity contribution in [3.8, 4) is 0 Å². The van der Waals surface area contributed by atoms with Gasteiger partial charge in [-0.05, 0) is 51.1 Å². The number of piperidine rings is 1. The second-order valence-electron chi connectivity index (χ2n) is 6.19. The Kier molecular flexibility index (Phi) is 6.52. The monoisotopic (exact) mass is 392 g/mol. The maximum absolute atomic E-state index is 12.8. The molecule has 1 atom stereocenters. The van der Waals surface area contributed by atoms with E-state index in [1.165, 1.54) is 7.11 Å². The van der Waals surface area contributed by atoms with Gasteiger partial charge in [0.15, 0.2) is 0 Å². The number of rotatable bonds is 4. The Morgan fingerprint density at radius 1 is 1.31 bits per heavy atom. The molecule has 26 heavy (non-hydrogen) atoms. The number of hydrogen-bond donors (Lipinski definition) is 1. The number of nitrogens with one attached hydrogen (secondary N) is 1. The first-order chi connectivity index (χ1) is 12.1. The van der Waals surface area contributed by atoms with E-state index in [0.717, 1.165) is 18.2 Å². The number of carbonyl (C=O) groups excluding carboxylic acids is 2. The molecule has 0 aromatic heterocycles. The van der Waals surface area contributed by atoms with Crippen molar-refractivity contribution in [2.24, 2.45) is 5.92 Å². The Bertz CT molecular complexity index is 674. The van der Waals surface area contributed by atoms with E-state index in [0.29, 0.717) is 25.9 Å². The number of esters is 1. The highest BCUT2D eigenvalue weighted by Gasteiger charge is 2.32. The summed E-state index contributed by atoms with van der Waals surface area (Å²) in [7, 11) is 1.34. The molecule has 1 aromatic rings. The molecule has 0 saturated carbocycles. The van der Waals surface area contributed by atoms with Gasteiger partial charge in [-0.15, -0.1) is 0 Å². The molecule has 1 aliphatic rings. The minimum atomic E-state index is -4.52. The molecule has 0 aliphatic carbocycles. The SMILES string of the molecule is COC(=O)C1CCN([C@@H](C)C(=O)Nc2cc(C(F)(F)F)ccc2Cl)CC1. The molecule has 9 heteroatoms. The largest absolute Gasteiger partial charge is 0.469 e. The van der Waals surface area contributed by atoms with Crippen LogP contribution in [0.25, 0.3) is 0 Å². The number of ether oxygens (including phenoxy) is 1. The molecular formula is C17H20ClF3N2O3. The fourth-order valence-electron chi connectivity index (χ4n) is 2.89. The van der Waals surface area contributed by atoms with E-state index in [-0.39, 0.29) is 22.6 Å². The molecule has 144 valence electrons. The number of nitrogens with zero attached hydrogens (tertiary/aromatic N) is 1. The summed E-state index contributed by atoms with van der Waals surface area (Å²) in [5.74, 6) is -0.912. The number of amides is 1. The summed E-state index contributed by atoms with van der Waals surface area (Å²) >= 11 is 5.90. The molecule has 1 N–H and O–H groups in total. The van der Waals surface area contributed by atoms with Crippen LogP contribution in [0, 0.1) is 5.92 Å². The van der Waals surface area contributed by atoms with Crippen LogP contribution in [-0.4, -0.2) is 43.0 Å². The van der Waals surface area contributed by atoms with Crippen LogP contribution < -0.4 is 5.32 Å². The lowest BCUT2D eigenvalue weighted by Gasteiger charge is -2.34. The van der Waals surface area contributed by atoms with Gasteiger partial charge in [0, 0.05) is 0 Å². The van der Waals surface area contributed by atoms with Gasteiger partial charge < -0.3 is 10.1 Å². The summed E-state index contributed by atoms with van der Waals surface area (Å²) in [6.45, 7) is 2.70. The zero-order chi connectivity index (χ0) is 19.5. The predicted octanol–water partition coefficient (Wildman–Crippen LogP) is 3.57. The highest BCUT2D eigenvalue weighted by molar-refractivity contribution is 6.33. The van der Waals surface area contributed by atoms with Gasteiger partial charge in [0.25, 0.3) is 0 Å². The van der Waals surface area contributed by atoms with Gasteiger partial charge in [-0.2, -0.15) is 13.2 Å². The Morgan fingerprint density at radius 3 is 2.46 bits per heavy atom. The number of methoxy groups -OCH3 is 1. The van der Waals surface area contributed by atoms with E-state index in [2.05, 4.69) is 5.32 Å². The molecule has 1 saturated heterocycles. The number of anilines is 1. The van der Waals surface area contributed by atoms with E-state index in [9.17, 15) is 22.8 Å². The van der Waals surface area contributed by atoms with Gasteiger partial charge in [-0.25, -0.2) is 0 Å². The number of carbonyl (C=O) groups is 2. The summed E-state index contributed by atoms with van der Waals surface area (Å²) in [5.41, 5.74) is -0.966. The average Bonchev–Trinajstić information content (AvgIpc) is 2.61. The highest BCUT2D eigenvalue weighted by Crippen LogP contribution is 2.34. The van der Waals surface area contributed by atoms with E-state index in [4.69, 9.17) is 16.3 Å². The molecule has 0 spiro atoms. The van der Waals surface area contributed by atoms with Crippen molar-refractivity contribution < 1.29 is 27.5 Å². The number of halogens is 4. The quantitative estimate of drug-likeness (QED) is 0.796. The van der Waals surface area contributed by atoms with Gasteiger partial charge in [-0.3, -0.25) is 14.5 Å². The first kappa shape index (κ1) is 20.5. The van der Waals surface area contributed by atoms with Crippen molar-refractivity contribution >= 4 is 29.2 Å². The standard InChI is InChI=1S/C17H20ClF3N2O3/c1-10(23-7-5-11(6-8-23)16(25)26-2)15(24)22-14-9-12(17(19,20)21)3-4-13(14)18/h3-4,9-11H,5-8H2,1-2H3,(H,22,24)/t10-/m0/s1. The van der Waals surface area contributed by atoms with Gasteiger partial charge in [-0.1, -0.05) is 11.6 Å². The number of hydrogen-bond acceptors (Lipinski definition) is 4. The molecule has 1 aliphatic heterocycles. The topological polar surface area (TPSA) is 58.6 Å². The zero-order valence-corrected chi connectivity index (χ0v) is 15.2. The van der Waals surface area contributed by atoms with Crippen molar-refractivity contribution in [2.75, 3.05) is 25.5 Å². The second kappa shape index (κ2) is 8.26. The molecule has 1 fully saturated rings. The van der Waals surface area contributed by atoms with Gasteiger partial charge >= 0.3 is 12.1 Å². The highest BCUT2D eigenvalue weighted by atomic mass is 35.5. The summed E-state index contributed by atoms with van der Waals surface area (Å²) in [4.78, 5) is 25.8. The van der Waals surface area contributed by atoms with Crippen molar-refractivity contribution in [3.63, 3.8) is 0 Å². The van der Waals surface area contributed by atoms with Crippen molar-refractivity contribution in [2.45, 2.75) is 32.0 Å². The molecule has 5 nitrogen and oxygen atoms in total. The van der Waals surface area contributed by atoms with E-state index in [1.807, 2.05) is 4.90 Å². The first-order valence-corrected chi connectivity index (χ1v) is 8.50. The van der Waals surface area contributed by atoms with Crippen LogP contribution in [-0.2, 0) is 20.5 Å². The smallest absolute Gasteiger partial charge is 0.416 e. The molecule has 0 bridgehead atoms. The maximum atomic E-state index is 12.8. The summed E-state index contributed by atoms with van der Waals surface area (Å²) in [6, 6.07) is 2.21. The van der Waals surface area contributed by atoms with Crippen molar-refractivity contribution in [3.05, 3.63) is 28.8 Å². The number of benzene rings is 1. The Morgan fingerprint density at radius 2 is 1.92 bits per heavy atom. The fraction of sp³-hybridized carbons (Fsp3) is 0.529. The Labute approximate surface area is 154 Å². The van der Waals surface area contributed by atoms with Crippen molar-refractivity contribution in [1.29, 1.82) is 0 Å². The molecule has 0 unspecified atom stereocenters. The zero-order valence-electron chi connectivity index (χ0n) is 14.4. The average molecular weight is 393 g/mol. The normalized spacial score (nSPS) is 17.6. The van der Waals surface area contributed by atoms with Crippen molar-refractivity contribution in [1.82, 2.24) is 4.90 Å². The van der Waals surface area contributed by atoms with E-state index in [1.54, 1.807) is 6.92 Å². The third kappa shape index (κ3) is 4.88. The van der Waals surface area contributed by atoms with E-state index < -0.39 is 23.7 Å². The summed E-state index contributed by atoms with van der Waals surface area (Å²) < 4.78 is 43.2. The van der Waals surface area contributed by atoms with Crippen LogP contribution in [0.3, 0.4) is 0 Å². The number of likely N-dealkylation sites (tertiary alicyclic amines) is 1. The molecular weight excluding hydrogens is 373 g/mol. The van der Waals surface area contributed by atoms with Crippen LogP contribution in [0.2, 0.25) is 5.02 Å². The molecule has 2 rings (SSSR count). The lowest BCUT2D eigenvalue weighted by molar-refractivity contribution is -0.147. The van der Waals surface area contributed by atoms with Gasteiger partial charge in [0.1, 0.15) is 0 Å². The maximum Gasteiger partial charge on any atom is 0.416 e. The lowest BCUT2D eigenvalue weighted by Crippen LogP contribution is -2.47.